The summed E-state index contributed by atoms with van der Waals surface area (Å²) in [6.07, 6.45) is 0.689. The number of alkyl halides is 1. The van der Waals surface area contributed by atoms with Gasteiger partial charge in [-0.25, -0.2) is 13.1 Å². The van der Waals surface area contributed by atoms with E-state index in [1.807, 2.05) is 0 Å². The van der Waals surface area contributed by atoms with Gasteiger partial charge in [-0.15, -0.1) is 0 Å². The van der Waals surface area contributed by atoms with Crippen molar-refractivity contribution in [3.63, 3.8) is 0 Å². The molecule has 0 fully saturated rings. The van der Waals surface area contributed by atoms with Crippen LogP contribution in [0.25, 0.3) is 0 Å². The van der Waals surface area contributed by atoms with Crippen LogP contribution < -0.4 is 4.72 Å². The van der Waals surface area contributed by atoms with Crippen LogP contribution >= 0.6 is 22.6 Å². The van der Waals surface area contributed by atoms with E-state index in [0.29, 0.717) is 6.54 Å². The van der Waals surface area contributed by atoms with Gasteiger partial charge in [0, 0.05) is 11.0 Å². The molecule has 1 N–H and O–H groups in total. The molecule has 0 saturated heterocycles. The predicted molar refractivity (Wildman–Crippen MR) is 61.9 cm³/mol. The highest BCUT2D eigenvalue weighted by atomic mass is 127. The lowest BCUT2D eigenvalue weighted by atomic mass is 10.5. The molecule has 0 aliphatic rings. The van der Waals surface area contributed by atoms with E-state index in [2.05, 4.69) is 32.0 Å². The Kier molecular flexibility index (Phi) is 7.47. The van der Waals surface area contributed by atoms with Crippen LogP contribution in [0.4, 0.5) is 0 Å². The number of hydrogen-bond donors (Lipinski definition) is 1. The lowest BCUT2D eigenvalue weighted by molar-refractivity contribution is -0.140. The number of carbonyl (C=O) groups excluding carboxylic acids is 1. The van der Waals surface area contributed by atoms with Crippen LogP contribution in [0.5, 0.6) is 0 Å². The smallest absolute Gasteiger partial charge is 0.306 e. The average Bonchev–Trinajstić information content (AvgIpc) is 2.14. The summed E-state index contributed by atoms with van der Waals surface area (Å²) in [6.45, 7) is 0.423. The molecule has 0 aliphatic carbocycles. The van der Waals surface area contributed by atoms with Crippen molar-refractivity contribution in [2.45, 2.75) is 12.8 Å². The van der Waals surface area contributed by atoms with E-state index in [9.17, 15) is 13.2 Å². The van der Waals surface area contributed by atoms with E-state index in [1.165, 1.54) is 7.11 Å². The maximum Gasteiger partial charge on any atom is 0.306 e. The highest BCUT2D eigenvalue weighted by Crippen LogP contribution is 1.93. The molecule has 0 atom stereocenters. The summed E-state index contributed by atoms with van der Waals surface area (Å²) in [6, 6.07) is 0. The number of hydrogen-bond acceptors (Lipinski definition) is 4. The minimum absolute atomic E-state index is 0.101. The lowest BCUT2D eigenvalue weighted by Gasteiger charge is -2.04. The van der Waals surface area contributed by atoms with Crippen LogP contribution in [0.1, 0.15) is 12.8 Å². The van der Waals surface area contributed by atoms with Crippen LogP contribution in [-0.4, -0.2) is 38.2 Å². The Hall–Kier alpha value is 0.110. The molecule has 0 unspecified atom stereocenters. The summed E-state index contributed by atoms with van der Waals surface area (Å²) >= 11 is 2.17. The van der Waals surface area contributed by atoms with Gasteiger partial charge in [0.1, 0.15) is 0 Å². The highest BCUT2D eigenvalue weighted by Gasteiger charge is 2.12. The third-order valence-corrected chi connectivity index (χ3v) is 3.58. The topological polar surface area (TPSA) is 72.5 Å². The summed E-state index contributed by atoms with van der Waals surface area (Å²) in [5.74, 6) is -0.717. The van der Waals surface area contributed by atoms with Gasteiger partial charge in [0.05, 0.1) is 19.3 Å². The van der Waals surface area contributed by atoms with Crippen molar-refractivity contribution in [1.29, 1.82) is 0 Å². The molecule has 0 radical (unpaired) electrons. The minimum atomic E-state index is -3.31. The number of ether oxygens (including phenoxy) is 1. The third-order valence-electron chi connectivity index (χ3n) is 1.43. The SMILES string of the molecule is COC(=O)CCS(=O)(=O)NCCCI. The Morgan fingerprint density at radius 3 is 2.64 bits per heavy atom. The zero-order chi connectivity index (χ0) is 11.0. The van der Waals surface area contributed by atoms with Crippen molar-refractivity contribution in [2.75, 3.05) is 23.8 Å². The molecular weight excluding hydrogens is 321 g/mol. The van der Waals surface area contributed by atoms with Crippen molar-refractivity contribution in [2.24, 2.45) is 0 Å². The number of sulfonamides is 1. The molecule has 5 nitrogen and oxygen atoms in total. The third kappa shape index (κ3) is 7.51. The summed E-state index contributed by atoms with van der Waals surface area (Å²) in [7, 11) is -2.08. The van der Waals surface area contributed by atoms with E-state index >= 15 is 0 Å². The van der Waals surface area contributed by atoms with Crippen LogP contribution in [0.2, 0.25) is 0 Å². The standard InChI is InChI=1S/C7H14INO4S/c1-13-7(10)3-6-14(11,12)9-5-2-4-8/h9H,2-6H2,1H3. The first kappa shape index (κ1) is 14.1. The minimum Gasteiger partial charge on any atom is -0.469 e. The second-order valence-corrected chi connectivity index (χ2v) is 5.59. The lowest BCUT2D eigenvalue weighted by Crippen LogP contribution is -2.28. The second-order valence-electron chi connectivity index (χ2n) is 2.58. The van der Waals surface area contributed by atoms with E-state index in [-0.39, 0.29) is 12.2 Å². The van der Waals surface area contributed by atoms with Gasteiger partial charge in [0.25, 0.3) is 0 Å². The molecule has 14 heavy (non-hydrogen) atoms. The molecule has 0 rings (SSSR count). The molecule has 0 amide bonds. The van der Waals surface area contributed by atoms with Gasteiger partial charge in [-0.2, -0.15) is 0 Å². The fourth-order valence-corrected chi connectivity index (χ4v) is 2.10. The van der Waals surface area contributed by atoms with E-state index < -0.39 is 16.0 Å². The van der Waals surface area contributed by atoms with Gasteiger partial charge in [0.15, 0.2) is 0 Å². The molecule has 0 spiro atoms. The average molecular weight is 335 g/mol. The van der Waals surface area contributed by atoms with Crippen molar-refractivity contribution < 1.29 is 17.9 Å². The molecule has 84 valence electrons. The van der Waals surface area contributed by atoms with Crippen molar-refractivity contribution in [3.05, 3.63) is 0 Å². The summed E-state index contributed by atoms with van der Waals surface area (Å²) in [5, 5.41) is 0. The largest absolute Gasteiger partial charge is 0.469 e. The van der Waals surface area contributed by atoms with Crippen molar-refractivity contribution >= 4 is 38.6 Å². The fraction of sp³-hybridized carbons (Fsp3) is 0.857. The zero-order valence-corrected chi connectivity index (χ0v) is 10.9. The molecular formula is C7H14INO4S. The van der Waals surface area contributed by atoms with Gasteiger partial charge >= 0.3 is 5.97 Å². The highest BCUT2D eigenvalue weighted by molar-refractivity contribution is 14.1. The van der Waals surface area contributed by atoms with Crippen LogP contribution in [0.15, 0.2) is 0 Å². The molecule has 7 heteroatoms. The first-order valence-electron chi connectivity index (χ1n) is 4.12. The molecule has 0 aromatic carbocycles. The van der Waals surface area contributed by atoms with Gasteiger partial charge in [-0.3, -0.25) is 4.79 Å². The van der Waals surface area contributed by atoms with Crippen molar-refractivity contribution in [1.82, 2.24) is 4.72 Å². The Labute approximate surface area is 97.8 Å². The van der Waals surface area contributed by atoms with Gasteiger partial charge in [0.2, 0.25) is 10.0 Å². The number of methoxy groups -OCH3 is 1. The van der Waals surface area contributed by atoms with Crippen LogP contribution in [-0.2, 0) is 19.6 Å². The summed E-state index contributed by atoms with van der Waals surface area (Å²) in [5.41, 5.74) is 0. The maximum atomic E-state index is 11.2. The van der Waals surface area contributed by atoms with Crippen LogP contribution in [0, 0.1) is 0 Å². The van der Waals surface area contributed by atoms with E-state index in [0.717, 1.165) is 10.8 Å². The Morgan fingerprint density at radius 2 is 2.14 bits per heavy atom. The van der Waals surface area contributed by atoms with Gasteiger partial charge < -0.3 is 4.74 Å². The summed E-state index contributed by atoms with van der Waals surface area (Å²) in [4.78, 5) is 10.7. The van der Waals surface area contributed by atoms with Crippen molar-refractivity contribution in [3.8, 4) is 0 Å². The molecule has 0 bridgehead atoms. The number of halogens is 1. The van der Waals surface area contributed by atoms with E-state index in [1.54, 1.807) is 0 Å². The molecule has 0 aliphatic heterocycles. The van der Waals surface area contributed by atoms with E-state index in [4.69, 9.17) is 0 Å². The van der Waals surface area contributed by atoms with Gasteiger partial charge in [-0.1, -0.05) is 22.6 Å². The number of esters is 1. The zero-order valence-electron chi connectivity index (χ0n) is 7.95. The normalized spacial score (nSPS) is 11.3. The quantitative estimate of drug-likeness (QED) is 0.314. The predicted octanol–water partition coefficient (Wildman–Crippen LogP) is 0.294. The molecule has 0 saturated carbocycles. The number of rotatable bonds is 7. The number of nitrogens with one attached hydrogen (secondary N) is 1. The molecule has 0 heterocycles. The maximum absolute atomic E-state index is 11.2. The Bertz CT molecular complexity index is 265. The fourth-order valence-electron chi connectivity index (χ4n) is 0.686. The van der Waals surface area contributed by atoms with Crippen LogP contribution in [0.3, 0.4) is 0 Å². The Balaban J connectivity index is 3.78. The second kappa shape index (κ2) is 7.41. The van der Waals surface area contributed by atoms with Gasteiger partial charge in [-0.05, 0) is 6.42 Å². The first-order chi connectivity index (χ1) is 6.52. The molecule has 0 aromatic heterocycles. The monoisotopic (exact) mass is 335 g/mol. The Morgan fingerprint density at radius 1 is 1.50 bits per heavy atom. The summed E-state index contributed by atoms with van der Waals surface area (Å²) < 4.78 is 30.0. The molecule has 0 aromatic rings. The first-order valence-corrected chi connectivity index (χ1v) is 7.29. The number of carbonyl (C=O) groups is 1.